The first-order valence-electron chi connectivity index (χ1n) is 23.4. The lowest BCUT2D eigenvalue weighted by Crippen LogP contribution is -2.38. The highest BCUT2D eigenvalue weighted by Gasteiger charge is 2.33. The van der Waals surface area contributed by atoms with Crippen LogP contribution >= 0.6 is 0 Å². The summed E-state index contributed by atoms with van der Waals surface area (Å²) in [6.45, 7) is 34.9. The molecule has 0 spiro atoms. The number of H-pyrrole nitrogens is 1. The zero-order valence-electron chi connectivity index (χ0n) is 40.9. The van der Waals surface area contributed by atoms with Crippen molar-refractivity contribution in [2.75, 3.05) is 0 Å². The molecule has 0 saturated heterocycles. The summed E-state index contributed by atoms with van der Waals surface area (Å²) in [5.74, 6) is 0. The number of hydrogen-bond donors (Lipinski definition) is 1. The Bertz CT molecular complexity index is 3370. The molecule has 2 aromatic heterocycles. The van der Waals surface area contributed by atoms with E-state index in [4.69, 9.17) is 0 Å². The lowest BCUT2D eigenvalue weighted by molar-refractivity contribution is 0.590. The van der Waals surface area contributed by atoms with E-state index in [9.17, 15) is 0 Å². The van der Waals surface area contributed by atoms with Gasteiger partial charge in [0.2, 0.25) is 0 Å². The highest BCUT2D eigenvalue weighted by Crippen LogP contribution is 2.49. The van der Waals surface area contributed by atoms with Crippen molar-refractivity contribution in [3.63, 3.8) is 0 Å². The van der Waals surface area contributed by atoms with Crippen LogP contribution in [0.4, 0.5) is 0 Å². The summed E-state index contributed by atoms with van der Waals surface area (Å²) >= 11 is 0. The van der Waals surface area contributed by atoms with Crippen molar-refractivity contribution in [1.29, 1.82) is 0 Å². The van der Waals surface area contributed by atoms with Gasteiger partial charge >= 0.3 is 0 Å². The topological polar surface area (TPSA) is 20.7 Å². The number of nitrogens with one attached hydrogen (secondary N) is 1. The maximum absolute atomic E-state index is 4.07. The molecule has 64 heavy (non-hydrogen) atoms. The summed E-state index contributed by atoms with van der Waals surface area (Å²) in [6, 6.07) is 42.8. The molecule has 3 heterocycles. The average Bonchev–Trinajstić information content (AvgIpc) is 3.75. The van der Waals surface area contributed by atoms with E-state index in [1.54, 1.807) is 0 Å². The standard InChI is InChI=1S/C61H64BN2/c1-34-25-35(2)52(36(3)26-34)46-33-51-55(62-48-32-41(61(13,14)15)30-45-43-28-39(59(7,8)9)22-24-50(43)64(51)57(45)48)54(53(46)37-19-17-16-18-20-37)47-31-40(60(10,11)12)29-44-42-27-38(58(4,5)6)21-23-49(42)63-56(44)47/h16-33,63H,1-15H3. The Kier molecular flexibility index (Phi) is 9.29. The van der Waals surface area contributed by atoms with E-state index in [1.165, 1.54) is 133 Å². The Morgan fingerprint density at radius 3 is 1.66 bits per heavy atom. The van der Waals surface area contributed by atoms with E-state index in [0.717, 1.165) is 0 Å². The van der Waals surface area contributed by atoms with Gasteiger partial charge in [0.25, 0.3) is 0 Å². The Labute approximate surface area is 382 Å². The average molecular weight is 836 g/mol. The number of aromatic amines is 1. The summed E-state index contributed by atoms with van der Waals surface area (Å²) in [4.78, 5) is 4.07. The molecule has 0 aliphatic carbocycles. The molecule has 1 aliphatic heterocycles. The quantitative estimate of drug-likeness (QED) is 0.171. The number of fused-ring (bicyclic) bond motifs is 8. The van der Waals surface area contributed by atoms with Gasteiger partial charge in [0, 0.05) is 43.8 Å². The maximum Gasteiger partial charge on any atom is 0.197 e. The Morgan fingerprint density at radius 2 is 1.03 bits per heavy atom. The minimum absolute atomic E-state index is 0.0133. The van der Waals surface area contributed by atoms with Gasteiger partial charge in [0.1, 0.15) is 0 Å². The second kappa shape index (κ2) is 14.1. The van der Waals surface area contributed by atoms with E-state index in [2.05, 4.69) is 230 Å². The lowest BCUT2D eigenvalue weighted by Gasteiger charge is -2.30. The number of aryl methyl sites for hydroxylation is 3. The molecule has 0 atom stereocenters. The second-order valence-electron chi connectivity index (χ2n) is 23.3. The molecule has 9 aromatic rings. The van der Waals surface area contributed by atoms with Gasteiger partial charge in [-0.15, -0.1) is 0 Å². The van der Waals surface area contributed by atoms with Crippen molar-refractivity contribution in [2.45, 2.75) is 126 Å². The van der Waals surface area contributed by atoms with Crippen molar-refractivity contribution in [3.05, 3.63) is 148 Å². The predicted octanol–water partition coefficient (Wildman–Crippen LogP) is 15.5. The summed E-state index contributed by atoms with van der Waals surface area (Å²) < 4.78 is 2.63. The molecule has 1 N–H and O–H groups in total. The van der Waals surface area contributed by atoms with Gasteiger partial charge in [-0.25, -0.2) is 0 Å². The van der Waals surface area contributed by atoms with Crippen LogP contribution < -0.4 is 10.9 Å². The molecule has 0 amide bonds. The molecule has 0 bridgehead atoms. The third-order valence-corrected chi connectivity index (χ3v) is 14.2. The van der Waals surface area contributed by atoms with Crippen LogP contribution in [0.25, 0.3) is 82.7 Å². The van der Waals surface area contributed by atoms with Gasteiger partial charge < -0.3 is 9.55 Å². The third-order valence-electron chi connectivity index (χ3n) is 14.2. The van der Waals surface area contributed by atoms with Crippen molar-refractivity contribution in [2.24, 2.45) is 0 Å². The molecule has 1 aliphatic rings. The smallest absolute Gasteiger partial charge is 0.197 e. The summed E-state index contributed by atoms with van der Waals surface area (Å²) in [7, 11) is 2.55. The van der Waals surface area contributed by atoms with Gasteiger partial charge in [-0.1, -0.05) is 155 Å². The SMILES string of the molecule is Cc1cc(C)c(-c2cc3c(c(-c4cc(C(C)(C)C)cc5c4[nH]c4ccc(C(C)(C)C)cc45)c2-c2ccccc2)[B]c2cc(C(C)(C)C)cc4c5cc(C(C)(C)C)ccc5n-3c24)c(C)c1. The van der Waals surface area contributed by atoms with Crippen LogP contribution in [-0.4, -0.2) is 16.8 Å². The molecule has 7 aromatic carbocycles. The molecule has 0 fully saturated rings. The maximum atomic E-state index is 4.07. The van der Waals surface area contributed by atoms with E-state index in [1.807, 2.05) is 0 Å². The third kappa shape index (κ3) is 6.67. The van der Waals surface area contributed by atoms with Gasteiger partial charge in [-0.05, 0) is 158 Å². The first-order valence-corrected chi connectivity index (χ1v) is 23.4. The van der Waals surface area contributed by atoms with Crippen LogP contribution in [0, 0.1) is 20.8 Å². The van der Waals surface area contributed by atoms with Crippen LogP contribution in [-0.2, 0) is 21.7 Å². The minimum Gasteiger partial charge on any atom is -0.354 e. The Balaban J connectivity index is 1.46. The van der Waals surface area contributed by atoms with Crippen LogP contribution in [0.15, 0.2) is 109 Å². The van der Waals surface area contributed by atoms with E-state index in [0.29, 0.717) is 0 Å². The number of aromatic nitrogens is 2. The van der Waals surface area contributed by atoms with Crippen molar-refractivity contribution < 1.29 is 0 Å². The van der Waals surface area contributed by atoms with E-state index < -0.39 is 0 Å². The number of nitrogens with zero attached hydrogens (tertiary/aromatic N) is 1. The lowest BCUT2D eigenvalue weighted by atomic mass is 9.57. The minimum atomic E-state index is -0.103. The first kappa shape index (κ1) is 42.2. The molecule has 0 unspecified atom stereocenters. The summed E-state index contributed by atoms with van der Waals surface area (Å²) in [6.07, 6.45) is 0. The Hall–Kier alpha value is -5.80. The molecule has 1 radical (unpaired) electrons. The van der Waals surface area contributed by atoms with Crippen LogP contribution in [0.3, 0.4) is 0 Å². The van der Waals surface area contributed by atoms with Crippen molar-refractivity contribution in [1.82, 2.24) is 9.55 Å². The van der Waals surface area contributed by atoms with Gasteiger partial charge in [-0.2, -0.15) is 0 Å². The highest BCUT2D eigenvalue weighted by atomic mass is 15.0. The number of benzene rings is 7. The van der Waals surface area contributed by atoms with Gasteiger partial charge in [0.05, 0.1) is 11.0 Å². The Morgan fingerprint density at radius 1 is 0.469 bits per heavy atom. The predicted molar refractivity (Wildman–Crippen MR) is 280 cm³/mol. The van der Waals surface area contributed by atoms with Crippen molar-refractivity contribution >= 4 is 61.8 Å². The molecule has 0 saturated carbocycles. The fourth-order valence-corrected chi connectivity index (χ4v) is 10.7. The fraction of sp³-hybridized carbons (Fsp3) is 0.311. The van der Waals surface area contributed by atoms with Gasteiger partial charge in [-0.3, -0.25) is 0 Å². The normalized spacial score (nSPS) is 13.4. The summed E-state index contributed by atoms with van der Waals surface area (Å²) in [5, 5.41) is 5.20. The van der Waals surface area contributed by atoms with E-state index in [-0.39, 0.29) is 21.7 Å². The molecular formula is C61H64BN2. The van der Waals surface area contributed by atoms with E-state index >= 15 is 0 Å². The molecule has 321 valence electrons. The molecule has 2 nitrogen and oxygen atoms in total. The zero-order chi connectivity index (χ0) is 45.6. The first-order chi connectivity index (χ1) is 30.0. The highest BCUT2D eigenvalue weighted by molar-refractivity contribution is 6.73. The van der Waals surface area contributed by atoms with Crippen LogP contribution in [0.2, 0.25) is 0 Å². The summed E-state index contributed by atoms with van der Waals surface area (Å²) in [5.41, 5.74) is 25.3. The molecular weight excluding hydrogens is 771 g/mol. The van der Waals surface area contributed by atoms with Crippen LogP contribution in [0.1, 0.15) is 122 Å². The van der Waals surface area contributed by atoms with Gasteiger partial charge in [0.15, 0.2) is 7.28 Å². The molecule has 10 rings (SSSR count). The number of hydrogen-bond acceptors (Lipinski definition) is 0. The molecule has 3 heteroatoms. The largest absolute Gasteiger partial charge is 0.354 e. The number of rotatable bonds is 3. The fourth-order valence-electron chi connectivity index (χ4n) is 10.7. The van der Waals surface area contributed by atoms with Crippen LogP contribution in [0.5, 0.6) is 0 Å². The zero-order valence-corrected chi connectivity index (χ0v) is 40.9. The monoisotopic (exact) mass is 836 g/mol. The second-order valence-corrected chi connectivity index (χ2v) is 23.3. The van der Waals surface area contributed by atoms with Crippen molar-refractivity contribution in [3.8, 4) is 39.1 Å².